The van der Waals surface area contributed by atoms with Crippen molar-refractivity contribution in [2.24, 2.45) is 0 Å². The lowest BCUT2D eigenvalue weighted by Crippen LogP contribution is -1.89. The molecule has 0 amide bonds. The molecule has 3 heteroatoms. The summed E-state index contributed by atoms with van der Waals surface area (Å²) in [4.78, 5) is 4.34. The maximum absolute atomic E-state index is 4.34. The Morgan fingerprint density at radius 1 is 1.14 bits per heavy atom. The third-order valence-corrected chi connectivity index (χ3v) is 2.49. The summed E-state index contributed by atoms with van der Waals surface area (Å²) in [6.45, 7) is 6.12. The molecule has 2 aromatic rings. The largest absolute Gasteiger partial charge is 0.282 e. The third kappa shape index (κ3) is 1.31. The highest BCUT2D eigenvalue weighted by Crippen LogP contribution is 2.23. The van der Waals surface area contributed by atoms with Crippen LogP contribution in [0.1, 0.15) is 16.8 Å². The molecular formula is C11H13N3. The first kappa shape index (κ1) is 8.94. The van der Waals surface area contributed by atoms with Crippen LogP contribution in [0.5, 0.6) is 0 Å². The number of aryl methyl sites for hydroxylation is 2. The number of aromatic amines is 1. The molecule has 0 radical (unpaired) electrons. The van der Waals surface area contributed by atoms with Gasteiger partial charge in [-0.25, -0.2) is 0 Å². The monoisotopic (exact) mass is 187 g/mol. The summed E-state index contributed by atoms with van der Waals surface area (Å²) in [6, 6.07) is 3.99. The number of H-pyrrole nitrogens is 1. The summed E-state index contributed by atoms with van der Waals surface area (Å²) < 4.78 is 0. The van der Waals surface area contributed by atoms with Crippen molar-refractivity contribution in [2.45, 2.75) is 20.8 Å². The Bertz CT molecular complexity index is 457. The SMILES string of the molecule is Cc1cccnc1-c1n[nH]c(C)c1C. The molecule has 0 bridgehead atoms. The van der Waals surface area contributed by atoms with Crippen LogP contribution < -0.4 is 0 Å². The Hall–Kier alpha value is -1.64. The molecule has 0 aliphatic carbocycles. The molecule has 0 saturated carbocycles. The van der Waals surface area contributed by atoms with E-state index in [1.54, 1.807) is 6.20 Å². The minimum Gasteiger partial charge on any atom is -0.282 e. The van der Waals surface area contributed by atoms with Crippen LogP contribution in [0.3, 0.4) is 0 Å². The average molecular weight is 187 g/mol. The quantitative estimate of drug-likeness (QED) is 0.744. The number of nitrogens with zero attached hydrogens (tertiary/aromatic N) is 2. The molecule has 0 atom stereocenters. The molecule has 0 aromatic carbocycles. The van der Waals surface area contributed by atoms with Crippen LogP contribution in [0.15, 0.2) is 18.3 Å². The minimum atomic E-state index is 0.959. The lowest BCUT2D eigenvalue weighted by molar-refractivity contribution is 1.04. The molecule has 0 aliphatic heterocycles. The van der Waals surface area contributed by atoms with Crippen molar-refractivity contribution in [1.82, 2.24) is 15.2 Å². The number of pyridine rings is 1. The maximum Gasteiger partial charge on any atom is 0.114 e. The average Bonchev–Trinajstić information content (AvgIpc) is 2.49. The zero-order chi connectivity index (χ0) is 10.1. The van der Waals surface area contributed by atoms with Crippen LogP contribution in [0.25, 0.3) is 11.4 Å². The van der Waals surface area contributed by atoms with Gasteiger partial charge in [0.25, 0.3) is 0 Å². The van der Waals surface area contributed by atoms with Gasteiger partial charge in [-0.2, -0.15) is 5.10 Å². The van der Waals surface area contributed by atoms with Gasteiger partial charge in [0.1, 0.15) is 5.69 Å². The van der Waals surface area contributed by atoms with E-state index in [9.17, 15) is 0 Å². The second-order valence-electron chi connectivity index (χ2n) is 3.49. The van der Waals surface area contributed by atoms with Gasteiger partial charge in [0, 0.05) is 11.9 Å². The smallest absolute Gasteiger partial charge is 0.114 e. The first-order valence-corrected chi connectivity index (χ1v) is 4.63. The Morgan fingerprint density at radius 2 is 1.93 bits per heavy atom. The van der Waals surface area contributed by atoms with E-state index >= 15 is 0 Å². The van der Waals surface area contributed by atoms with Gasteiger partial charge in [-0.3, -0.25) is 10.1 Å². The summed E-state index contributed by atoms with van der Waals surface area (Å²) in [7, 11) is 0. The van der Waals surface area contributed by atoms with Crippen LogP contribution in [0, 0.1) is 20.8 Å². The predicted octanol–water partition coefficient (Wildman–Crippen LogP) is 2.40. The fourth-order valence-corrected chi connectivity index (χ4v) is 1.45. The first-order valence-electron chi connectivity index (χ1n) is 4.63. The van der Waals surface area contributed by atoms with Crippen molar-refractivity contribution in [2.75, 3.05) is 0 Å². The summed E-state index contributed by atoms with van der Waals surface area (Å²) in [5.41, 5.74) is 5.36. The van der Waals surface area contributed by atoms with E-state index in [-0.39, 0.29) is 0 Å². The molecule has 2 heterocycles. The molecule has 14 heavy (non-hydrogen) atoms. The number of hydrogen-bond acceptors (Lipinski definition) is 2. The predicted molar refractivity (Wildman–Crippen MR) is 56.0 cm³/mol. The Balaban J connectivity index is 2.60. The van der Waals surface area contributed by atoms with Crippen LogP contribution >= 0.6 is 0 Å². The second-order valence-corrected chi connectivity index (χ2v) is 3.49. The molecule has 2 rings (SSSR count). The van der Waals surface area contributed by atoms with Gasteiger partial charge in [0.2, 0.25) is 0 Å². The zero-order valence-corrected chi connectivity index (χ0v) is 8.63. The third-order valence-electron chi connectivity index (χ3n) is 2.49. The highest BCUT2D eigenvalue weighted by atomic mass is 15.1. The summed E-state index contributed by atoms with van der Waals surface area (Å²) in [5.74, 6) is 0. The summed E-state index contributed by atoms with van der Waals surface area (Å²) >= 11 is 0. The van der Waals surface area contributed by atoms with Crippen molar-refractivity contribution in [1.29, 1.82) is 0 Å². The number of rotatable bonds is 1. The first-order chi connectivity index (χ1) is 6.70. The Morgan fingerprint density at radius 3 is 2.50 bits per heavy atom. The molecule has 0 spiro atoms. The Labute approximate surface area is 83.2 Å². The molecule has 3 nitrogen and oxygen atoms in total. The van der Waals surface area contributed by atoms with Gasteiger partial charge in [-0.05, 0) is 38.0 Å². The maximum atomic E-state index is 4.34. The van der Waals surface area contributed by atoms with E-state index in [0.717, 1.165) is 22.6 Å². The fraction of sp³-hybridized carbons (Fsp3) is 0.273. The normalized spacial score (nSPS) is 10.5. The zero-order valence-electron chi connectivity index (χ0n) is 8.63. The standard InChI is InChI=1S/C11H13N3/c1-7-5-4-6-12-10(7)11-8(2)9(3)13-14-11/h4-6H,1-3H3,(H,13,14). The van der Waals surface area contributed by atoms with Crippen molar-refractivity contribution in [3.05, 3.63) is 35.2 Å². The van der Waals surface area contributed by atoms with Gasteiger partial charge in [-0.1, -0.05) is 6.07 Å². The molecule has 0 saturated heterocycles. The van der Waals surface area contributed by atoms with E-state index < -0.39 is 0 Å². The van der Waals surface area contributed by atoms with E-state index in [4.69, 9.17) is 0 Å². The van der Waals surface area contributed by atoms with Crippen LogP contribution in [0.4, 0.5) is 0 Å². The molecule has 0 unspecified atom stereocenters. The van der Waals surface area contributed by atoms with Gasteiger partial charge in [0.05, 0.1) is 5.69 Å². The molecule has 72 valence electrons. The van der Waals surface area contributed by atoms with Crippen LogP contribution in [0.2, 0.25) is 0 Å². The molecular weight excluding hydrogens is 174 g/mol. The number of hydrogen-bond donors (Lipinski definition) is 1. The van der Waals surface area contributed by atoms with E-state index in [1.807, 2.05) is 26.0 Å². The molecule has 0 fully saturated rings. The molecule has 1 N–H and O–H groups in total. The lowest BCUT2D eigenvalue weighted by atomic mass is 10.1. The Kier molecular flexibility index (Phi) is 2.08. The number of aromatic nitrogens is 3. The minimum absolute atomic E-state index is 0.959. The van der Waals surface area contributed by atoms with E-state index in [1.165, 1.54) is 5.56 Å². The van der Waals surface area contributed by atoms with E-state index in [2.05, 4.69) is 22.1 Å². The fourth-order valence-electron chi connectivity index (χ4n) is 1.45. The van der Waals surface area contributed by atoms with E-state index in [0.29, 0.717) is 0 Å². The van der Waals surface area contributed by atoms with Crippen molar-refractivity contribution < 1.29 is 0 Å². The van der Waals surface area contributed by atoms with Gasteiger partial charge in [-0.15, -0.1) is 0 Å². The molecule has 0 aliphatic rings. The molecule has 2 aromatic heterocycles. The lowest BCUT2D eigenvalue weighted by Gasteiger charge is -2.01. The summed E-state index contributed by atoms with van der Waals surface area (Å²) in [6.07, 6.45) is 1.80. The van der Waals surface area contributed by atoms with Gasteiger partial charge < -0.3 is 0 Å². The number of nitrogens with one attached hydrogen (secondary N) is 1. The van der Waals surface area contributed by atoms with Crippen molar-refractivity contribution >= 4 is 0 Å². The summed E-state index contributed by atoms with van der Waals surface area (Å²) in [5, 5.41) is 7.23. The highest BCUT2D eigenvalue weighted by molar-refractivity contribution is 5.62. The van der Waals surface area contributed by atoms with Crippen LogP contribution in [-0.4, -0.2) is 15.2 Å². The second kappa shape index (κ2) is 3.25. The van der Waals surface area contributed by atoms with Crippen molar-refractivity contribution in [3.8, 4) is 11.4 Å². The highest BCUT2D eigenvalue weighted by Gasteiger charge is 2.10. The van der Waals surface area contributed by atoms with Gasteiger partial charge >= 0.3 is 0 Å². The topological polar surface area (TPSA) is 41.6 Å². The van der Waals surface area contributed by atoms with Gasteiger partial charge in [0.15, 0.2) is 0 Å². The van der Waals surface area contributed by atoms with Crippen molar-refractivity contribution in [3.63, 3.8) is 0 Å². The van der Waals surface area contributed by atoms with Crippen LogP contribution in [-0.2, 0) is 0 Å².